The zero-order chi connectivity index (χ0) is 73.9. The van der Waals surface area contributed by atoms with Gasteiger partial charge < -0.3 is 89.1 Å². The molecule has 18 unspecified atom stereocenters. The zero-order valence-electron chi connectivity index (χ0n) is 62.2. The van der Waals surface area contributed by atoms with Gasteiger partial charge in [0.1, 0.15) is 98.7 Å². The molecule has 3 fully saturated rings. The molecule has 101 heavy (non-hydrogen) atoms. The van der Waals surface area contributed by atoms with E-state index in [-0.39, 0.29) is 19.3 Å². The van der Waals surface area contributed by atoms with Crippen molar-refractivity contribution in [2.45, 2.75) is 427 Å². The smallest absolute Gasteiger partial charge is 0.463 e. The second-order valence-electron chi connectivity index (χ2n) is 28.8. The normalized spacial score (nSPS) is 27.2. The lowest BCUT2D eigenvalue weighted by Gasteiger charge is -2.49. The number of carbonyl (C=O) groups is 3. The number of carbonyl (C=O) groups excluding carboxylic acids is 3. The zero-order valence-corrected chi connectivity index (χ0v) is 63.1. The van der Waals surface area contributed by atoms with E-state index in [9.17, 15) is 74.9 Å². The van der Waals surface area contributed by atoms with Crippen molar-refractivity contribution in [3.05, 3.63) is 12.2 Å². The Kier molecular flexibility index (Phi) is 53.2. The fourth-order valence-corrected chi connectivity index (χ4v) is 14.2. The first-order chi connectivity index (χ1) is 48.8. The van der Waals surface area contributed by atoms with Gasteiger partial charge in [-0.05, 0) is 44.9 Å². The molecule has 1 saturated carbocycles. The highest BCUT2D eigenvalue weighted by Gasteiger charge is 2.58. The van der Waals surface area contributed by atoms with Gasteiger partial charge in [0.2, 0.25) is 0 Å². The number of esters is 3. The third-order valence-electron chi connectivity index (χ3n) is 19.8. The Balaban J connectivity index is 1.70. The maximum Gasteiger partial charge on any atom is 0.472 e. The molecule has 3 aliphatic rings. The number of rotatable bonds is 63. The second-order valence-corrected chi connectivity index (χ2v) is 30.2. The van der Waals surface area contributed by atoms with Crippen LogP contribution < -0.4 is 0 Å². The third-order valence-corrected chi connectivity index (χ3v) is 20.8. The number of aliphatic hydroxyl groups excluding tert-OH is 10. The number of allylic oxidation sites excluding steroid dienone is 2. The van der Waals surface area contributed by atoms with Crippen LogP contribution in [0.5, 0.6) is 0 Å². The van der Waals surface area contributed by atoms with Crippen molar-refractivity contribution in [2.75, 3.05) is 26.4 Å². The molecule has 0 amide bonds. The van der Waals surface area contributed by atoms with Crippen LogP contribution in [0.25, 0.3) is 0 Å². The molecule has 0 aromatic carbocycles. The molecule has 25 heteroatoms. The van der Waals surface area contributed by atoms with E-state index in [1.54, 1.807) is 0 Å². The molecular weight excluding hydrogens is 1330 g/mol. The molecule has 24 nitrogen and oxygen atoms in total. The number of unbranched alkanes of at least 4 members (excludes halogenated alkanes) is 40. The molecule has 594 valence electrons. The first-order valence-corrected chi connectivity index (χ1v) is 41.5. The fraction of sp³-hybridized carbons (Fsp3) is 0.934. The molecule has 0 aromatic rings. The van der Waals surface area contributed by atoms with Gasteiger partial charge in [-0.15, -0.1) is 0 Å². The summed E-state index contributed by atoms with van der Waals surface area (Å²) in [5.41, 5.74) is 0. The van der Waals surface area contributed by atoms with Gasteiger partial charge in [-0.1, -0.05) is 270 Å². The molecular formula is C76H141O24P. The molecule has 0 bridgehead atoms. The molecule has 2 heterocycles. The lowest BCUT2D eigenvalue weighted by molar-refractivity contribution is -0.360. The Morgan fingerprint density at radius 1 is 0.376 bits per heavy atom. The Bertz CT molecular complexity index is 2130. The van der Waals surface area contributed by atoms with Gasteiger partial charge in [-0.3, -0.25) is 23.4 Å². The predicted molar refractivity (Wildman–Crippen MR) is 384 cm³/mol. The van der Waals surface area contributed by atoms with Crippen LogP contribution in [0.3, 0.4) is 0 Å². The van der Waals surface area contributed by atoms with E-state index >= 15 is 0 Å². The predicted octanol–water partition coefficient (Wildman–Crippen LogP) is 11.9. The highest BCUT2D eigenvalue weighted by atomic mass is 31.2. The minimum atomic E-state index is -5.70. The van der Waals surface area contributed by atoms with Crippen LogP contribution in [0.4, 0.5) is 0 Å². The van der Waals surface area contributed by atoms with Crippen LogP contribution in [-0.2, 0) is 61.2 Å². The van der Waals surface area contributed by atoms with Gasteiger partial charge in [0.25, 0.3) is 0 Å². The van der Waals surface area contributed by atoms with Gasteiger partial charge >= 0.3 is 25.7 Å². The van der Waals surface area contributed by atoms with Crippen LogP contribution in [0.1, 0.15) is 323 Å². The summed E-state index contributed by atoms with van der Waals surface area (Å²) in [4.78, 5) is 51.1. The van der Waals surface area contributed by atoms with E-state index in [1.807, 2.05) is 0 Å². The fourth-order valence-electron chi connectivity index (χ4n) is 13.3. The highest BCUT2D eigenvalue weighted by molar-refractivity contribution is 7.47. The summed E-state index contributed by atoms with van der Waals surface area (Å²) < 4.78 is 65.1. The van der Waals surface area contributed by atoms with Crippen LogP contribution in [-0.4, -0.2) is 204 Å². The summed E-state index contributed by atoms with van der Waals surface area (Å²) in [6.07, 6.45) is 18.3. The first-order valence-electron chi connectivity index (χ1n) is 40.0. The van der Waals surface area contributed by atoms with Gasteiger partial charge in [0.15, 0.2) is 18.7 Å². The summed E-state index contributed by atoms with van der Waals surface area (Å²) >= 11 is 0. The topological polar surface area (TPSA) is 374 Å². The van der Waals surface area contributed by atoms with Crippen molar-refractivity contribution in [2.24, 2.45) is 0 Å². The molecule has 2 saturated heterocycles. The second kappa shape index (κ2) is 57.8. The molecule has 1 aliphatic carbocycles. The number of ether oxygens (including phenoxy) is 7. The largest absolute Gasteiger partial charge is 0.472 e. The van der Waals surface area contributed by atoms with Crippen molar-refractivity contribution in [3.8, 4) is 0 Å². The summed E-state index contributed by atoms with van der Waals surface area (Å²) in [6.45, 7) is 3.47. The lowest BCUT2D eigenvalue weighted by Crippen LogP contribution is -2.69. The summed E-state index contributed by atoms with van der Waals surface area (Å²) in [5.74, 6) is -1.99. The van der Waals surface area contributed by atoms with Crippen LogP contribution in [0, 0.1) is 0 Å². The van der Waals surface area contributed by atoms with Gasteiger partial charge in [-0.25, -0.2) is 4.57 Å². The van der Waals surface area contributed by atoms with Crippen molar-refractivity contribution >= 4 is 25.7 Å². The van der Waals surface area contributed by atoms with E-state index in [0.717, 1.165) is 96.3 Å². The Morgan fingerprint density at radius 3 is 1.08 bits per heavy atom. The van der Waals surface area contributed by atoms with Crippen molar-refractivity contribution in [3.63, 3.8) is 0 Å². The lowest BCUT2D eigenvalue weighted by atomic mass is 9.84. The number of aliphatic hydroxyl groups is 10. The monoisotopic (exact) mass is 1470 g/mol. The molecule has 0 aromatic heterocycles. The molecule has 0 radical (unpaired) electrons. The van der Waals surface area contributed by atoms with E-state index in [1.165, 1.54) is 167 Å². The minimum Gasteiger partial charge on any atom is -0.463 e. The quantitative estimate of drug-likeness (QED) is 0.00886. The SMILES string of the molecule is CCCCCCCCC/C=C\CCCCCC(=O)OCC(COP(=O)(O)OC1C(OC2OC(CO)C(O)C(O)C2O)C(O)C(O)C(O)C1OC1OC(COC(=O)CCCCCCCCCCCCCCCCCCC)C(O)C(O)C1O)OC(=O)CCCCCCCCCCCCCCCCC. The van der Waals surface area contributed by atoms with E-state index in [0.29, 0.717) is 19.3 Å². The van der Waals surface area contributed by atoms with Crippen LogP contribution >= 0.6 is 7.82 Å². The minimum absolute atomic E-state index is 0.0281. The number of hydrogen-bond acceptors (Lipinski definition) is 23. The van der Waals surface area contributed by atoms with Crippen molar-refractivity contribution in [1.82, 2.24) is 0 Å². The molecule has 0 spiro atoms. The number of phosphoric ester groups is 1. The van der Waals surface area contributed by atoms with E-state index in [2.05, 4.69) is 32.9 Å². The maximum absolute atomic E-state index is 14.4. The third kappa shape index (κ3) is 40.5. The average Bonchev–Trinajstić information content (AvgIpc) is 0.761. The Hall–Kier alpha value is -2.30. The van der Waals surface area contributed by atoms with E-state index in [4.69, 9.17) is 42.2 Å². The highest BCUT2D eigenvalue weighted by Crippen LogP contribution is 2.49. The maximum atomic E-state index is 14.4. The molecule has 11 N–H and O–H groups in total. The van der Waals surface area contributed by atoms with Gasteiger partial charge in [-0.2, -0.15) is 0 Å². The van der Waals surface area contributed by atoms with Crippen molar-refractivity contribution < 1.29 is 117 Å². The number of phosphoric acid groups is 1. The van der Waals surface area contributed by atoms with Gasteiger partial charge in [0.05, 0.1) is 13.2 Å². The molecule has 18 atom stereocenters. The van der Waals surface area contributed by atoms with Crippen molar-refractivity contribution in [1.29, 1.82) is 0 Å². The van der Waals surface area contributed by atoms with Crippen LogP contribution in [0.15, 0.2) is 12.2 Å². The first kappa shape index (κ1) is 92.9. The van der Waals surface area contributed by atoms with E-state index < -0.39 is 156 Å². The number of hydrogen-bond donors (Lipinski definition) is 11. The molecule has 2 aliphatic heterocycles. The Morgan fingerprint density at radius 2 is 0.693 bits per heavy atom. The standard InChI is InChI=1S/C76H141O24P/c1-4-7-10-13-16-19-22-25-28-29-31-33-36-39-42-45-48-51-61(79)93-56-59-64(82)66(84)71(89)76(97-59)99-73-69(87)67(85)68(86)72(98-75-70(88)65(83)63(81)58(53-77)96-75)74(73)100-101(90,91)94-55-57(54-92-60(78)50-47-44-41-38-35-32-27-24-21-18-15-12-9-6-3)95-62(80)52-49-46-43-40-37-34-30-26-23-20-17-14-11-8-5-2/h32,35,57-59,63-77,81-89H,4-31,33-34,36-56H2,1-3H3,(H,90,91)/b35-32-. The summed E-state index contributed by atoms with van der Waals surface area (Å²) in [6, 6.07) is 0. The summed E-state index contributed by atoms with van der Waals surface area (Å²) in [7, 11) is -5.70. The average molecular weight is 1470 g/mol. The summed E-state index contributed by atoms with van der Waals surface area (Å²) in [5, 5.41) is 110. The van der Waals surface area contributed by atoms with Gasteiger partial charge in [0, 0.05) is 19.3 Å². The van der Waals surface area contributed by atoms with Crippen LogP contribution in [0.2, 0.25) is 0 Å². The Labute approximate surface area is 605 Å². The molecule has 3 rings (SSSR count).